The molecule has 32 heavy (non-hydrogen) atoms. The Bertz CT molecular complexity index is 1170. The lowest BCUT2D eigenvalue weighted by atomic mass is 10.0. The van der Waals surface area contributed by atoms with Gasteiger partial charge in [-0.15, -0.1) is 0 Å². The molecule has 0 spiro atoms. The fraction of sp³-hybridized carbons (Fsp3) is 0.385. The number of ether oxygens (including phenoxy) is 2. The van der Waals surface area contributed by atoms with Gasteiger partial charge in [0.25, 0.3) is 0 Å². The van der Waals surface area contributed by atoms with Crippen molar-refractivity contribution >= 4 is 17.5 Å². The Morgan fingerprint density at radius 3 is 2.47 bits per heavy atom. The quantitative estimate of drug-likeness (QED) is 0.557. The summed E-state index contributed by atoms with van der Waals surface area (Å²) in [5.41, 5.74) is 8.50. The zero-order valence-electron chi connectivity index (χ0n) is 19.5. The van der Waals surface area contributed by atoms with Crippen molar-refractivity contribution in [3.63, 3.8) is 0 Å². The summed E-state index contributed by atoms with van der Waals surface area (Å²) in [7, 11) is 0. The van der Waals surface area contributed by atoms with E-state index in [4.69, 9.17) is 19.4 Å². The molecule has 0 atom stereocenters. The van der Waals surface area contributed by atoms with E-state index in [1.54, 1.807) is 0 Å². The highest BCUT2D eigenvalue weighted by Gasteiger charge is 2.27. The Labute approximate surface area is 189 Å². The number of aromatic nitrogens is 2. The fourth-order valence-corrected chi connectivity index (χ4v) is 5.01. The number of nitrogens with zero attached hydrogens (tertiary/aromatic N) is 4. The SMILES string of the molecule is CCN(c1nc(C)c2c(n1)N(Cc1ccc3c(c1)OCO3)CC2)c1c(C)cc(C)cc1C. The molecule has 0 radical (unpaired) electrons. The largest absolute Gasteiger partial charge is 0.454 e. The maximum Gasteiger partial charge on any atom is 0.232 e. The van der Waals surface area contributed by atoms with Crippen molar-refractivity contribution in [1.82, 2.24) is 9.97 Å². The van der Waals surface area contributed by atoms with Crippen LogP contribution in [-0.2, 0) is 13.0 Å². The molecule has 6 heteroatoms. The molecule has 2 aliphatic rings. The van der Waals surface area contributed by atoms with Gasteiger partial charge in [0.05, 0.1) is 0 Å². The van der Waals surface area contributed by atoms with Gasteiger partial charge < -0.3 is 19.3 Å². The van der Waals surface area contributed by atoms with Crippen molar-refractivity contribution in [2.45, 2.75) is 47.6 Å². The number of hydrogen-bond donors (Lipinski definition) is 0. The van der Waals surface area contributed by atoms with Crippen LogP contribution in [-0.4, -0.2) is 29.9 Å². The molecule has 6 nitrogen and oxygen atoms in total. The Hall–Kier alpha value is -3.28. The van der Waals surface area contributed by atoms with E-state index in [2.05, 4.69) is 68.7 Å². The van der Waals surface area contributed by atoms with E-state index in [9.17, 15) is 0 Å². The van der Waals surface area contributed by atoms with Gasteiger partial charge in [0, 0.05) is 36.6 Å². The van der Waals surface area contributed by atoms with Crippen LogP contribution in [0.2, 0.25) is 0 Å². The first-order valence-corrected chi connectivity index (χ1v) is 11.3. The molecule has 0 bridgehead atoms. The first kappa shape index (κ1) is 20.6. The molecule has 0 unspecified atom stereocenters. The third-order valence-electron chi connectivity index (χ3n) is 6.38. The van der Waals surface area contributed by atoms with Crippen molar-refractivity contribution in [3.8, 4) is 11.5 Å². The average Bonchev–Trinajstić information content (AvgIpc) is 3.37. The minimum Gasteiger partial charge on any atom is -0.454 e. The van der Waals surface area contributed by atoms with Gasteiger partial charge >= 0.3 is 0 Å². The predicted molar refractivity (Wildman–Crippen MR) is 127 cm³/mol. The van der Waals surface area contributed by atoms with Crippen LogP contribution in [0.25, 0.3) is 0 Å². The molecule has 5 rings (SSSR count). The molecule has 0 amide bonds. The van der Waals surface area contributed by atoms with Crippen LogP contribution in [0.1, 0.15) is 40.4 Å². The highest BCUT2D eigenvalue weighted by atomic mass is 16.7. The maximum absolute atomic E-state index is 5.56. The molecule has 3 heterocycles. The van der Waals surface area contributed by atoms with Crippen LogP contribution < -0.4 is 19.3 Å². The minimum atomic E-state index is 0.297. The summed E-state index contributed by atoms with van der Waals surface area (Å²) in [6, 6.07) is 10.6. The molecule has 0 saturated carbocycles. The third kappa shape index (κ3) is 3.53. The lowest BCUT2D eigenvalue weighted by molar-refractivity contribution is 0.174. The molecule has 1 aromatic heterocycles. The van der Waals surface area contributed by atoms with Crippen LogP contribution in [0.15, 0.2) is 30.3 Å². The van der Waals surface area contributed by atoms with Crippen LogP contribution in [0.5, 0.6) is 11.5 Å². The summed E-state index contributed by atoms with van der Waals surface area (Å²) in [6.07, 6.45) is 0.973. The van der Waals surface area contributed by atoms with Crippen LogP contribution in [0.3, 0.4) is 0 Å². The molecule has 0 saturated heterocycles. The van der Waals surface area contributed by atoms with Crippen LogP contribution >= 0.6 is 0 Å². The van der Waals surface area contributed by atoms with Crippen LogP contribution in [0.4, 0.5) is 17.5 Å². The van der Waals surface area contributed by atoms with Crippen molar-refractivity contribution in [2.75, 3.05) is 29.7 Å². The minimum absolute atomic E-state index is 0.297. The summed E-state index contributed by atoms with van der Waals surface area (Å²) in [4.78, 5) is 14.6. The van der Waals surface area contributed by atoms with E-state index in [1.807, 2.05) is 6.07 Å². The molecular weight excluding hydrogens is 400 g/mol. The summed E-state index contributed by atoms with van der Waals surface area (Å²) in [5.74, 6) is 3.46. The van der Waals surface area contributed by atoms with Gasteiger partial charge in [0.1, 0.15) is 5.82 Å². The van der Waals surface area contributed by atoms with Gasteiger partial charge in [0.2, 0.25) is 12.7 Å². The second-order valence-electron chi connectivity index (χ2n) is 8.76. The number of hydrogen-bond acceptors (Lipinski definition) is 6. The fourth-order valence-electron chi connectivity index (χ4n) is 5.01. The Morgan fingerprint density at radius 1 is 0.969 bits per heavy atom. The summed E-state index contributed by atoms with van der Waals surface area (Å²) in [5, 5.41) is 0. The zero-order chi connectivity index (χ0) is 22.4. The molecule has 3 aromatic rings. The van der Waals surface area contributed by atoms with E-state index in [0.29, 0.717) is 6.79 Å². The summed E-state index contributed by atoms with van der Waals surface area (Å²) < 4.78 is 11.0. The van der Waals surface area contributed by atoms with Crippen molar-refractivity contribution in [2.24, 2.45) is 0 Å². The number of aryl methyl sites for hydroxylation is 4. The van der Waals surface area contributed by atoms with E-state index < -0.39 is 0 Å². The van der Waals surface area contributed by atoms with Gasteiger partial charge in [0.15, 0.2) is 11.5 Å². The number of fused-ring (bicyclic) bond motifs is 2. The topological polar surface area (TPSA) is 50.7 Å². The molecule has 166 valence electrons. The third-order valence-corrected chi connectivity index (χ3v) is 6.38. The van der Waals surface area contributed by atoms with Gasteiger partial charge in [-0.2, -0.15) is 4.98 Å². The Kier molecular flexibility index (Phi) is 5.16. The monoisotopic (exact) mass is 430 g/mol. The maximum atomic E-state index is 5.56. The molecule has 2 aromatic carbocycles. The molecule has 0 aliphatic carbocycles. The molecule has 0 fully saturated rings. The van der Waals surface area contributed by atoms with Gasteiger partial charge in [-0.1, -0.05) is 23.8 Å². The number of rotatable bonds is 5. The average molecular weight is 431 g/mol. The highest BCUT2D eigenvalue weighted by Crippen LogP contribution is 2.37. The molecule has 2 aliphatic heterocycles. The predicted octanol–water partition coefficient (Wildman–Crippen LogP) is 5.16. The van der Waals surface area contributed by atoms with Crippen LogP contribution in [0, 0.1) is 27.7 Å². The summed E-state index contributed by atoms with van der Waals surface area (Å²) in [6.45, 7) is 13.6. The van der Waals surface area contributed by atoms with Gasteiger partial charge in [-0.05, 0) is 69.9 Å². The summed E-state index contributed by atoms with van der Waals surface area (Å²) >= 11 is 0. The lowest BCUT2D eigenvalue weighted by Crippen LogP contribution is -2.24. The van der Waals surface area contributed by atoms with Crippen molar-refractivity contribution in [1.29, 1.82) is 0 Å². The number of benzene rings is 2. The van der Waals surface area contributed by atoms with Crippen molar-refractivity contribution < 1.29 is 9.47 Å². The second-order valence-corrected chi connectivity index (χ2v) is 8.76. The number of anilines is 3. The second kappa shape index (κ2) is 8.01. The van der Waals surface area contributed by atoms with Gasteiger partial charge in [-0.3, -0.25) is 0 Å². The molecular formula is C26H30N4O2. The van der Waals surface area contributed by atoms with Gasteiger partial charge in [-0.25, -0.2) is 4.98 Å². The van der Waals surface area contributed by atoms with Crippen molar-refractivity contribution in [3.05, 3.63) is 63.8 Å². The van der Waals surface area contributed by atoms with E-state index >= 15 is 0 Å². The normalized spacial score (nSPS) is 14.1. The first-order valence-electron chi connectivity index (χ1n) is 11.3. The smallest absolute Gasteiger partial charge is 0.232 e. The molecule has 0 N–H and O–H groups in total. The lowest BCUT2D eigenvalue weighted by Gasteiger charge is -2.27. The first-order chi connectivity index (χ1) is 15.4. The Balaban J connectivity index is 1.50. The van der Waals surface area contributed by atoms with E-state index in [-0.39, 0.29) is 0 Å². The Morgan fingerprint density at radius 2 is 1.72 bits per heavy atom. The standard InChI is InChI=1S/C26H30N4O2/c1-6-30(24-17(3)11-16(2)12-18(24)4)26-27-19(5)21-9-10-29(25(21)28-26)14-20-7-8-22-23(13-20)32-15-31-22/h7-8,11-13H,6,9-10,14-15H2,1-5H3. The van der Waals surface area contributed by atoms with E-state index in [0.717, 1.165) is 55.0 Å². The zero-order valence-corrected chi connectivity index (χ0v) is 19.5. The highest BCUT2D eigenvalue weighted by molar-refractivity contribution is 5.68. The van der Waals surface area contributed by atoms with E-state index in [1.165, 1.54) is 33.5 Å².